The molecule has 0 unspecified atom stereocenters. The van der Waals surface area contributed by atoms with E-state index < -0.39 is 0 Å². The number of amides is 1. The first-order valence-corrected chi connectivity index (χ1v) is 6.99. The quantitative estimate of drug-likeness (QED) is 0.748. The zero-order chi connectivity index (χ0) is 13.9. The van der Waals surface area contributed by atoms with Crippen molar-refractivity contribution >= 4 is 24.2 Å². The van der Waals surface area contributed by atoms with Gasteiger partial charge < -0.3 is 10.1 Å². The number of ether oxygens (including phenoxy) is 1. The first kappa shape index (κ1) is 18.7. The number of rotatable bonds is 8. The molecule has 20 heavy (non-hydrogen) atoms. The monoisotopic (exact) mass is 300 g/mol. The summed E-state index contributed by atoms with van der Waals surface area (Å²) in [6, 6.07) is 9.62. The van der Waals surface area contributed by atoms with Gasteiger partial charge in [-0.05, 0) is 32.0 Å². The molecule has 0 aliphatic heterocycles. The molecule has 1 amide bonds. The number of carbonyl (C=O) groups is 1. The van der Waals surface area contributed by atoms with E-state index in [2.05, 4.69) is 12.2 Å². The highest BCUT2D eigenvalue weighted by molar-refractivity contribution is 5.87. The van der Waals surface area contributed by atoms with Crippen molar-refractivity contribution in [3.05, 3.63) is 30.3 Å². The van der Waals surface area contributed by atoms with Gasteiger partial charge in [-0.25, -0.2) is 4.79 Å². The van der Waals surface area contributed by atoms with Gasteiger partial charge in [0.1, 0.15) is 0 Å². The summed E-state index contributed by atoms with van der Waals surface area (Å²) in [7, 11) is 0. The highest BCUT2D eigenvalue weighted by Crippen LogP contribution is 2.13. The molecule has 114 valence electrons. The summed E-state index contributed by atoms with van der Waals surface area (Å²) in [6.07, 6.45) is 2.05. The summed E-state index contributed by atoms with van der Waals surface area (Å²) in [5.41, 5.74) is 0.873. The fourth-order valence-corrected chi connectivity index (χ4v) is 1.75. The van der Waals surface area contributed by atoms with Crippen molar-refractivity contribution in [2.45, 2.75) is 26.7 Å². The van der Waals surface area contributed by atoms with Crippen molar-refractivity contribution in [3.8, 4) is 0 Å². The van der Waals surface area contributed by atoms with E-state index in [0.717, 1.165) is 25.2 Å². The normalized spacial score (nSPS) is 9.70. The highest BCUT2D eigenvalue weighted by atomic mass is 35.5. The van der Waals surface area contributed by atoms with Gasteiger partial charge >= 0.3 is 6.09 Å². The molecule has 0 aliphatic rings. The summed E-state index contributed by atoms with van der Waals surface area (Å²) >= 11 is 0. The van der Waals surface area contributed by atoms with E-state index >= 15 is 0 Å². The molecule has 1 N–H and O–H groups in total. The van der Waals surface area contributed by atoms with Gasteiger partial charge in [0.05, 0.1) is 6.61 Å². The first-order chi connectivity index (χ1) is 9.29. The van der Waals surface area contributed by atoms with E-state index in [1.807, 2.05) is 37.3 Å². The number of unbranched alkanes of at least 4 members (excludes halogenated alkanes) is 1. The Morgan fingerprint density at radius 2 is 1.90 bits per heavy atom. The molecule has 0 heterocycles. The number of carbonyl (C=O) groups excluding carboxylic acids is 1. The Kier molecular flexibility index (Phi) is 10.8. The van der Waals surface area contributed by atoms with Crippen LogP contribution in [0.1, 0.15) is 26.7 Å². The lowest BCUT2D eigenvalue weighted by atomic mass is 10.3. The number of benzene rings is 1. The van der Waals surface area contributed by atoms with E-state index in [1.54, 1.807) is 4.90 Å². The molecule has 4 nitrogen and oxygen atoms in total. The second-order valence-electron chi connectivity index (χ2n) is 4.29. The number of hydrogen-bond donors (Lipinski definition) is 1. The molecule has 0 radical (unpaired) electrons. The second-order valence-corrected chi connectivity index (χ2v) is 4.29. The van der Waals surface area contributed by atoms with Crippen molar-refractivity contribution in [2.24, 2.45) is 0 Å². The topological polar surface area (TPSA) is 41.6 Å². The Morgan fingerprint density at radius 3 is 2.50 bits per heavy atom. The van der Waals surface area contributed by atoms with Crippen molar-refractivity contribution in [1.82, 2.24) is 5.32 Å². The average molecular weight is 301 g/mol. The van der Waals surface area contributed by atoms with Crippen LogP contribution in [0.3, 0.4) is 0 Å². The molecule has 0 spiro atoms. The molecule has 5 heteroatoms. The van der Waals surface area contributed by atoms with E-state index in [9.17, 15) is 4.79 Å². The number of nitrogens with one attached hydrogen (secondary N) is 1. The number of hydrogen-bond acceptors (Lipinski definition) is 3. The van der Waals surface area contributed by atoms with Gasteiger partial charge in [-0.3, -0.25) is 4.90 Å². The predicted octanol–water partition coefficient (Wildman–Crippen LogP) is 3.46. The van der Waals surface area contributed by atoms with Crippen LogP contribution in [0.5, 0.6) is 0 Å². The molecule has 1 aromatic rings. The van der Waals surface area contributed by atoms with Crippen LogP contribution in [-0.4, -0.2) is 32.3 Å². The Bertz CT molecular complexity index is 360. The van der Waals surface area contributed by atoms with E-state index in [0.29, 0.717) is 13.2 Å². The van der Waals surface area contributed by atoms with Crippen molar-refractivity contribution in [2.75, 3.05) is 31.1 Å². The van der Waals surface area contributed by atoms with Crippen LogP contribution in [-0.2, 0) is 4.74 Å². The maximum Gasteiger partial charge on any atom is 0.414 e. The smallest absolute Gasteiger partial charge is 0.414 e. The number of halogens is 1. The standard InChI is InChI=1S/C15H24N2O2.ClH/c1-3-5-11-16-12-13-17(15(18)19-4-2)14-9-7-6-8-10-14;/h6-10,16H,3-5,11-13H2,1-2H3;1H. The molecule has 1 rings (SSSR count). The summed E-state index contributed by atoms with van der Waals surface area (Å²) in [5.74, 6) is 0. The molecule has 0 aliphatic carbocycles. The van der Waals surface area contributed by atoms with Crippen LogP contribution in [0.15, 0.2) is 30.3 Å². The minimum absolute atomic E-state index is 0. The summed E-state index contributed by atoms with van der Waals surface area (Å²) in [4.78, 5) is 13.6. The third-order valence-corrected chi connectivity index (χ3v) is 2.78. The lowest BCUT2D eigenvalue weighted by molar-refractivity contribution is 0.159. The second kappa shape index (κ2) is 11.6. The van der Waals surface area contributed by atoms with E-state index in [1.165, 1.54) is 6.42 Å². The van der Waals surface area contributed by atoms with Gasteiger partial charge in [-0.15, -0.1) is 12.4 Å². The molecule has 0 fully saturated rings. The summed E-state index contributed by atoms with van der Waals surface area (Å²) in [6.45, 7) is 6.75. The molecule has 0 saturated heterocycles. The maximum absolute atomic E-state index is 11.9. The van der Waals surface area contributed by atoms with Crippen LogP contribution in [0.2, 0.25) is 0 Å². The van der Waals surface area contributed by atoms with Gasteiger partial charge in [0, 0.05) is 18.8 Å². The van der Waals surface area contributed by atoms with Gasteiger partial charge in [0.2, 0.25) is 0 Å². The molecule has 0 bridgehead atoms. The fraction of sp³-hybridized carbons (Fsp3) is 0.533. The van der Waals surface area contributed by atoms with E-state index in [4.69, 9.17) is 4.74 Å². The molecule has 0 atom stereocenters. The average Bonchev–Trinajstić information content (AvgIpc) is 2.44. The van der Waals surface area contributed by atoms with Gasteiger partial charge in [0.25, 0.3) is 0 Å². The number of nitrogens with zero attached hydrogens (tertiary/aromatic N) is 1. The Balaban J connectivity index is 0.00000361. The Morgan fingerprint density at radius 1 is 1.20 bits per heavy atom. The van der Waals surface area contributed by atoms with Gasteiger partial charge in [-0.1, -0.05) is 31.5 Å². The van der Waals surface area contributed by atoms with Crippen molar-refractivity contribution in [3.63, 3.8) is 0 Å². The third kappa shape index (κ3) is 6.78. The molecular formula is C15H25ClN2O2. The van der Waals surface area contributed by atoms with Crippen LogP contribution in [0.4, 0.5) is 10.5 Å². The number of para-hydroxylation sites is 1. The van der Waals surface area contributed by atoms with Crippen LogP contribution in [0, 0.1) is 0 Å². The highest BCUT2D eigenvalue weighted by Gasteiger charge is 2.15. The van der Waals surface area contributed by atoms with Crippen molar-refractivity contribution < 1.29 is 9.53 Å². The van der Waals surface area contributed by atoms with Crippen molar-refractivity contribution in [1.29, 1.82) is 0 Å². The van der Waals surface area contributed by atoms with Crippen LogP contribution in [0.25, 0.3) is 0 Å². The molecular weight excluding hydrogens is 276 g/mol. The Hall–Kier alpha value is -1.26. The molecule has 0 aromatic heterocycles. The first-order valence-electron chi connectivity index (χ1n) is 6.99. The lowest BCUT2D eigenvalue weighted by Gasteiger charge is -2.22. The summed E-state index contributed by atoms with van der Waals surface area (Å²) < 4.78 is 5.10. The maximum atomic E-state index is 11.9. The minimum Gasteiger partial charge on any atom is -0.449 e. The third-order valence-electron chi connectivity index (χ3n) is 2.78. The number of anilines is 1. The van der Waals surface area contributed by atoms with Gasteiger partial charge in [-0.2, -0.15) is 0 Å². The largest absolute Gasteiger partial charge is 0.449 e. The molecule has 1 aromatic carbocycles. The fourth-order valence-electron chi connectivity index (χ4n) is 1.75. The van der Waals surface area contributed by atoms with E-state index in [-0.39, 0.29) is 18.5 Å². The Labute approximate surface area is 127 Å². The SMILES string of the molecule is CCCCNCCN(C(=O)OCC)c1ccccc1.Cl. The van der Waals surface area contributed by atoms with Gasteiger partial charge in [0.15, 0.2) is 0 Å². The molecule has 0 saturated carbocycles. The van der Waals surface area contributed by atoms with Crippen LogP contribution < -0.4 is 10.2 Å². The predicted molar refractivity (Wildman–Crippen MR) is 85.8 cm³/mol. The summed E-state index contributed by atoms with van der Waals surface area (Å²) in [5, 5.41) is 3.33. The zero-order valence-corrected chi connectivity index (χ0v) is 13.1. The van der Waals surface area contributed by atoms with Crippen LogP contribution >= 0.6 is 12.4 Å². The minimum atomic E-state index is -0.286. The lowest BCUT2D eigenvalue weighted by Crippen LogP contribution is -2.37. The zero-order valence-electron chi connectivity index (χ0n) is 12.3.